The molecular formula is C32H46Cl2N2O3. The van der Waals surface area contributed by atoms with Crippen molar-refractivity contribution < 1.29 is 14.3 Å². The van der Waals surface area contributed by atoms with Gasteiger partial charge in [0.1, 0.15) is 6.10 Å². The number of benzene rings is 1. The van der Waals surface area contributed by atoms with Gasteiger partial charge in [-0.25, -0.2) is 0 Å². The van der Waals surface area contributed by atoms with Crippen LogP contribution in [0.5, 0.6) is 0 Å². The molecule has 7 heteroatoms. The number of carbonyl (C=O) groups excluding carboxylic acids is 2. The van der Waals surface area contributed by atoms with Crippen molar-refractivity contribution in [2.45, 2.75) is 96.6 Å². The Hall–Kier alpha value is -1.46. The minimum Gasteiger partial charge on any atom is -0.462 e. The maximum atomic E-state index is 13.0. The molecule has 3 aliphatic carbocycles. The van der Waals surface area contributed by atoms with Crippen LogP contribution in [0.4, 0.5) is 5.69 Å². The summed E-state index contributed by atoms with van der Waals surface area (Å²) < 4.78 is 6.13. The normalized spacial score (nSPS) is 37.6. The molecule has 1 aromatic rings. The Morgan fingerprint density at radius 1 is 0.974 bits per heavy atom. The summed E-state index contributed by atoms with van der Waals surface area (Å²) in [5.41, 5.74) is 2.45. The summed E-state index contributed by atoms with van der Waals surface area (Å²) in [5.74, 6) is 3.17. The molecule has 3 saturated carbocycles. The number of halogens is 2. The first kappa shape index (κ1) is 29.0. The third-order valence-corrected chi connectivity index (χ3v) is 11.8. The third-order valence-electron chi connectivity index (χ3n) is 11.5. The van der Waals surface area contributed by atoms with Gasteiger partial charge in [-0.3, -0.25) is 9.59 Å². The Morgan fingerprint density at radius 3 is 2.38 bits per heavy atom. The Bertz CT molecular complexity index is 1040. The molecule has 1 amide bonds. The van der Waals surface area contributed by atoms with Gasteiger partial charge in [-0.05, 0) is 105 Å². The van der Waals surface area contributed by atoms with Crippen LogP contribution in [-0.4, -0.2) is 48.4 Å². The number of piperidine rings is 1. The smallest absolute Gasteiger partial charge is 0.310 e. The molecule has 1 N–H and O–H groups in total. The zero-order chi connectivity index (χ0) is 27.8. The number of nitrogens with one attached hydrogen (secondary N) is 1. The average molecular weight is 578 g/mol. The summed E-state index contributed by atoms with van der Waals surface area (Å²) in [6.45, 7) is 8.78. The van der Waals surface area contributed by atoms with Gasteiger partial charge in [-0.15, -0.1) is 23.2 Å². The summed E-state index contributed by atoms with van der Waals surface area (Å²) >= 11 is 11.9. The number of fused-ring (bicyclic) bond motifs is 5. The number of hydrogen-bond donors (Lipinski definition) is 1. The number of hydrogen-bond acceptors (Lipinski definition) is 4. The van der Waals surface area contributed by atoms with E-state index >= 15 is 0 Å². The predicted octanol–water partition coefficient (Wildman–Crippen LogP) is 6.73. The predicted molar refractivity (Wildman–Crippen MR) is 158 cm³/mol. The molecule has 4 fully saturated rings. The van der Waals surface area contributed by atoms with E-state index in [0.717, 1.165) is 56.4 Å². The second-order valence-corrected chi connectivity index (χ2v) is 14.3. The lowest BCUT2D eigenvalue weighted by Crippen LogP contribution is -2.65. The molecule has 1 aliphatic heterocycles. The number of anilines is 1. The molecule has 0 bridgehead atoms. The van der Waals surface area contributed by atoms with E-state index < -0.39 is 0 Å². The molecule has 7 atom stereocenters. The van der Waals surface area contributed by atoms with Gasteiger partial charge in [0.05, 0.1) is 6.42 Å². The second kappa shape index (κ2) is 11.4. The van der Waals surface area contributed by atoms with E-state index in [4.69, 9.17) is 27.9 Å². The van der Waals surface area contributed by atoms with Gasteiger partial charge in [0.2, 0.25) is 5.91 Å². The lowest BCUT2D eigenvalue weighted by Gasteiger charge is -2.66. The van der Waals surface area contributed by atoms with Crippen LogP contribution in [0, 0.1) is 28.6 Å². The van der Waals surface area contributed by atoms with E-state index in [2.05, 4.69) is 31.0 Å². The van der Waals surface area contributed by atoms with E-state index in [1.165, 1.54) is 19.3 Å². The molecule has 0 aromatic heterocycles. The van der Waals surface area contributed by atoms with E-state index in [1.54, 1.807) is 0 Å². The zero-order valence-electron chi connectivity index (χ0n) is 23.9. The van der Waals surface area contributed by atoms with Gasteiger partial charge in [-0.2, -0.15) is 0 Å². The monoisotopic (exact) mass is 576 g/mol. The van der Waals surface area contributed by atoms with Crippen molar-refractivity contribution in [1.82, 2.24) is 5.32 Å². The van der Waals surface area contributed by atoms with Crippen LogP contribution in [-0.2, 0) is 20.7 Å². The highest BCUT2D eigenvalue weighted by molar-refractivity contribution is 6.18. The van der Waals surface area contributed by atoms with Crippen molar-refractivity contribution in [1.29, 1.82) is 0 Å². The number of ether oxygens (including phenoxy) is 1. The fourth-order valence-corrected chi connectivity index (χ4v) is 9.56. The van der Waals surface area contributed by atoms with Crippen LogP contribution in [0.15, 0.2) is 24.3 Å². The van der Waals surface area contributed by atoms with Crippen molar-refractivity contribution in [3.8, 4) is 0 Å². The molecule has 0 radical (unpaired) electrons. The fraction of sp³-hybridized carbons (Fsp3) is 0.750. The third kappa shape index (κ3) is 5.56. The van der Waals surface area contributed by atoms with Gasteiger partial charge in [0.15, 0.2) is 0 Å². The van der Waals surface area contributed by atoms with Crippen LogP contribution in [0.25, 0.3) is 0 Å². The minimum absolute atomic E-state index is 0.00263. The number of amides is 1. The van der Waals surface area contributed by atoms with Gasteiger partial charge in [0, 0.05) is 42.5 Å². The van der Waals surface area contributed by atoms with Crippen LogP contribution in [0.2, 0.25) is 0 Å². The van der Waals surface area contributed by atoms with Gasteiger partial charge < -0.3 is 15.0 Å². The van der Waals surface area contributed by atoms with Crippen molar-refractivity contribution in [2.75, 3.05) is 29.7 Å². The molecule has 1 heterocycles. The number of carbonyl (C=O) groups is 2. The van der Waals surface area contributed by atoms with Gasteiger partial charge >= 0.3 is 5.97 Å². The standard InChI is InChI=1S/C32H46Cl2N2O3/c1-30-13-11-25-26(12-15-32(3)27(25)8-9-28(37)35-32)31(30,2)14-10-24(21-30)39-29(38)20-22-4-6-23(7-5-22)36(18-16-33)19-17-34/h4-7,24-27H,8-21H2,1-3H3,(H,35,37)/t24-,25-,26-,27-,30+,31-,32+/m0/s1. The molecule has 1 aromatic carbocycles. The van der Waals surface area contributed by atoms with Crippen molar-refractivity contribution >= 4 is 40.8 Å². The molecule has 0 spiro atoms. The van der Waals surface area contributed by atoms with Crippen LogP contribution >= 0.6 is 23.2 Å². The highest BCUT2D eigenvalue weighted by Gasteiger charge is 2.62. The van der Waals surface area contributed by atoms with E-state index in [1.807, 2.05) is 24.3 Å². The summed E-state index contributed by atoms with van der Waals surface area (Å²) in [7, 11) is 0. The molecular weight excluding hydrogens is 531 g/mol. The molecule has 39 heavy (non-hydrogen) atoms. The molecule has 4 aliphatic rings. The lowest BCUT2D eigenvalue weighted by atomic mass is 9.40. The number of nitrogens with zero attached hydrogens (tertiary/aromatic N) is 1. The highest BCUT2D eigenvalue weighted by atomic mass is 35.5. The van der Waals surface area contributed by atoms with Crippen molar-refractivity contribution in [3.05, 3.63) is 29.8 Å². The Labute approximate surface area is 244 Å². The first-order chi connectivity index (χ1) is 18.6. The van der Waals surface area contributed by atoms with Crippen molar-refractivity contribution in [3.63, 3.8) is 0 Å². The summed E-state index contributed by atoms with van der Waals surface area (Å²) in [5, 5.41) is 3.38. The van der Waals surface area contributed by atoms with Crippen LogP contribution < -0.4 is 10.2 Å². The quantitative estimate of drug-likeness (QED) is 0.275. The highest BCUT2D eigenvalue weighted by Crippen LogP contribution is 2.67. The Balaban J connectivity index is 1.19. The Kier molecular flexibility index (Phi) is 8.51. The van der Waals surface area contributed by atoms with E-state index in [0.29, 0.717) is 42.4 Å². The topological polar surface area (TPSA) is 58.6 Å². The summed E-state index contributed by atoms with van der Waals surface area (Å²) in [6.07, 6.45) is 9.72. The summed E-state index contributed by atoms with van der Waals surface area (Å²) in [4.78, 5) is 27.3. The lowest BCUT2D eigenvalue weighted by molar-refractivity contribution is -0.183. The maximum absolute atomic E-state index is 13.0. The maximum Gasteiger partial charge on any atom is 0.310 e. The van der Waals surface area contributed by atoms with Gasteiger partial charge in [0.25, 0.3) is 0 Å². The summed E-state index contributed by atoms with van der Waals surface area (Å²) in [6, 6.07) is 8.11. The molecule has 5 rings (SSSR count). The van der Waals surface area contributed by atoms with E-state index in [-0.39, 0.29) is 34.3 Å². The molecule has 1 saturated heterocycles. The zero-order valence-corrected chi connectivity index (χ0v) is 25.5. The van der Waals surface area contributed by atoms with Gasteiger partial charge in [-0.1, -0.05) is 26.0 Å². The number of alkyl halides is 2. The SMILES string of the molecule is C[C@]12CC[C@@H]3[C@@H]4CCC(=O)N[C@]4(C)CC[C@@H]3[C@]1(C)CC[C@H](OC(=O)Cc1ccc(N(CCCl)CCCl)cc1)C2. The van der Waals surface area contributed by atoms with E-state index in [9.17, 15) is 9.59 Å². The first-order valence-corrected chi connectivity index (χ1v) is 16.1. The average Bonchev–Trinajstić information content (AvgIpc) is 2.89. The largest absolute Gasteiger partial charge is 0.462 e. The Morgan fingerprint density at radius 2 is 1.69 bits per heavy atom. The number of esters is 1. The van der Waals surface area contributed by atoms with Crippen LogP contribution in [0.3, 0.4) is 0 Å². The molecule has 216 valence electrons. The minimum atomic E-state index is -0.126. The number of rotatable bonds is 8. The molecule has 5 nitrogen and oxygen atoms in total. The van der Waals surface area contributed by atoms with Crippen molar-refractivity contribution in [2.24, 2.45) is 28.6 Å². The fourth-order valence-electron chi connectivity index (χ4n) is 9.16. The molecule has 0 unspecified atom stereocenters. The van der Waals surface area contributed by atoms with Crippen LogP contribution in [0.1, 0.15) is 84.1 Å². The second-order valence-electron chi connectivity index (χ2n) is 13.5. The first-order valence-electron chi connectivity index (χ1n) is 15.1.